The Balaban J connectivity index is 4.45. The summed E-state index contributed by atoms with van der Waals surface area (Å²) >= 11 is 0. The van der Waals surface area contributed by atoms with Crippen molar-refractivity contribution >= 4 is 5.97 Å². The molecule has 2 unspecified atom stereocenters. The van der Waals surface area contributed by atoms with Gasteiger partial charge in [-0.05, 0) is 19.9 Å². The molecule has 0 saturated carbocycles. The second-order valence-electron chi connectivity index (χ2n) is 3.92. The second-order valence-corrected chi connectivity index (χ2v) is 3.92. The number of rotatable bonds is 5. The van der Waals surface area contributed by atoms with Gasteiger partial charge in [0.05, 0.1) is 7.11 Å². The third-order valence-corrected chi connectivity index (χ3v) is 2.80. The van der Waals surface area contributed by atoms with Gasteiger partial charge in [-0.3, -0.25) is 9.69 Å². The van der Waals surface area contributed by atoms with Gasteiger partial charge in [0.1, 0.15) is 6.04 Å². The van der Waals surface area contributed by atoms with Gasteiger partial charge in [-0.1, -0.05) is 13.8 Å². The summed E-state index contributed by atoms with van der Waals surface area (Å²) in [5.41, 5.74) is 5.55. The minimum atomic E-state index is -0.336. The van der Waals surface area contributed by atoms with Crippen LogP contribution >= 0.6 is 0 Å². The monoisotopic (exact) mass is 202 g/mol. The molecule has 0 aromatic heterocycles. The summed E-state index contributed by atoms with van der Waals surface area (Å²) in [4.78, 5) is 13.3. The SMILES string of the molecule is COC(=O)C(CN)N(C)C(C)C(C)C. The van der Waals surface area contributed by atoms with Crippen LogP contribution in [0.4, 0.5) is 0 Å². The van der Waals surface area contributed by atoms with E-state index < -0.39 is 0 Å². The highest BCUT2D eigenvalue weighted by Crippen LogP contribution is 2.11. The molecule has 2 atom stereocenters. The van der Waals surface area contributed by atoms with E-state index in [-0.39, 0.29) is 12.0 Å². The van der Waals surface area contributed by atoms with Crippen LogP contribution in [-0.4, -0.2) is 43.7 Å². The van der Waals surface area contributed by atoms with E-state index in [1.807, 2.05) is 11.9 Å². The number of likely N-dealkylation sites (N-methyl/N-ethyl adjacent to an activating group) is 1. The van der Waals surface area contributed by atoms with Gasteiger partial charge in [-0.15, -0.1) is 0 Å². The molecule has 2 N–H and O–H groups in total. The standard InChI is InChI=1S/C10H22N2O2/c1-7(2)8(3)12(4)9(6-11)10(13)14-5/h7-9H,6,11H2,1-5H3. The Labute approximate surface area is 86.4 Å². The molecule has 0 fully saturated rings. The predicted octanol–water partition coefficient (Wildman–Crippen LogP) is 0.463. The maximum Gasteiger partial charge on any atom is 0.324 e. The van der Waals surface area contributed by atoms with E-state index in [0.29, 0.717) is 18.5 Å². The van der Waals surface area contributed by atoms with E-state index in [0.717, 1.165) is 0 Å². The van der Waals surface area contributed by atoms with Crippen molar-refractivity contribution < 1.29 is 9.53 Å². The number of ether oxygens (including phenoxy) is 1. The van der Waals surface area contributed by atoms with Crippen LogP contribution in [0.15, 0.2) is 0 Å². The zero-order valence-electron chi connectivity index (χ0n) is 9.78. The molecule has 84 valence electrons. The average molecular weight is 202 g/mol. The van der Waals surface area contributed by atoms with E-state index in [2.05, 4.69) is 20.8 Å². The highest BCUT2D eigenvalue weighted by molar-refractivity contribution is 5.75. The lowest BCUT2D eigenvalue weighted by molar-refractivity contribution is -0.147. The molecule has 0 amide bonds. The molecule has 14 heavy (non-hydrogen) atoms. The van der Waals surface area contributed by atoms with E-state index in [1.54, 1.807) is 0 Å². The molecule has 0 bridgehead atoms. The van der Waals surface area contributed by atoms with E-state index >= 15 is 0 Å². The van der Waals surface area contributed by atoms with Gasteiger partial charge in [0.25, 0.3) is 0 Å². The molecule has 0 aliphatic rings. The lowest BCUT2D eigenvalue weighted by Crippen LogP contribution is -2.49. The fourth-order valence-corrected chi connectivity index (χ4v) is 1.32. The van der Waals surface area contributed by atoms with Crippen LogP contribution in [0.3, 0.4) is 0 Å². The summed E-state index contributed by atoms with van der Waals surface area (Å²) in [6, 6.07) is -0.0277. The smallest absolute Gasteiger partial charge is 0.324 e. The van der Waals surface area contributed by atoms with Gasteiger partial charge < -0.3 is 10.5 Å². The van der Waals surface area contributed by atoms with Crippen molar-refractivity contribution in [2.45, 2.75) is 32.9 Å². The van der Waals surface area contributed by atoms with Crippen LogP contribution < -0.4 is 5.73 Å². The van der Waals surface area contributed by atoms with Crippen molar-refractivity contribution in [3.63, 3.8) is 0 Å². The lowest BCUT2D eigenvalue weighted by atomic mass is 10.0. The van der Waals surface area contributed by atoms with E-state index in [1.165, 1.54) is 7.11 Å². The maximum absolute atomic E-state index is 11.4. The Morgan fingerprint density at radius 2 is 1.93 bits per heavy atom. The first-order valence-corrected chi connectivity index (χ1v) is 4.95. The average Bonchev–Trinajstić information content (AvgIpc) is 2.16. The van der Waals surface area contributed by atoms with Crippen molar-refractivity contribution in [2.75, 3.05) is 20.7 Å². The van der Waals surface area contributed by atoms with Gasteiger partial charge >= 0.3 is 5.97 Å². The predicted molar refractivity (Wildman–Crippen MR) is 56.9 cm³/mol. The lowest BCUT2D eigenvalue weighted by Gasteiger charge is -2.32. The third kappa shape index (κ3) is 3.27. The molecule has 0 spiro atoms. The van der Waals surface area contributed by atoms with Gasteiger partial charge in [0.2, 0.25) is 0 Å². The number of methoxy groups -OCH3 is 1. The zero-order valence-corrected chi connectivity index (χ0v) is 9.78. The molecule has 0 aromatic carbocycles. The first-order chi connectivity index (χ1) is 6.45. The Bertz CT molecular complexity index is 183. The molecule has 0 aromatic rings. The summed E-state index contributed by atoms with van der Waals surface area (Å²) in [7, 11) is 3.29. The summed E-state index contributed by atoms with van der Waals surface area (Å²) in [5, 5.41) is 0. The molecule has 0 saturated heterocycles. The first kappa shape index (κ1) is 13.4. The Morgan fingerprint density at radius 3 is 2.21 bits per heavy atom. The summed E-state index contributed by atoms with van der Waals surface area (Å²) in [6.07, 6.45) is 0. The van der Waals surface area contributed by atoms with Crippen molar-refractivity contribution in [1.82, 2.24) is 4.90 Å². The fourth-order valence-electron chi connectivity index (χ4n) is 1.32. The van der Waals surface area contributed by atoms with Gasteiger partial charge in [0.15, 0.2) is 0 Å². The van der Waals surface area contributed by atoms with E-state index in [9.17, 15) is 4.79 Å². The summed E-state index contributed by atoms with van der Waals surface area (Å²) in [6.45, 7) is 6.61. The Morgan fingerprint density at radius 1 is 1.43 bits per heavy atom. The number of hydrogen-bond donors (Lipinski definition) is 1. The maximum atomic E-state index is 11.4. The number of nitrogens with zero attached hydrogens (tertiary/aromatic N) is 1. The quantitative estimate of drug-likeness (QED) is 0.658. The molecule has 0 heterocycles. The van der Waals surface area contributed by atoms with Crippen molar-refractivity contribution in [2.24, 2.45) is 11.7 Å². The van der Waals surface area contributed by atoms with Gasteiger partial charge in [0, 0.05) is 12.6 Å². The topological polar surface area (TPSA) is 55.6 Å². The molecule has 0 aliphatic carbocycles. The van der Waals surface area contributed by atoms with E-state index in [4.69, 9.17) is 10.5 Å². The van der Waals surface area contributed by atoms with Crippen molar-refractivity contribution in [1.29, 1.82) is 0 Å². The zero-order chi connectivity index (χ0) is 11.3. The second kappa shape index (κ2) is 5.98. The van der Waals surface area contributed by atoms with Crippen LogP contribution in [0, 0.1) is 5.92 Å². The molecule has 0 aliphatic heterocycles. The van der Waals surface area contributed by atoms with Crippen LogP contribution in [0.5, 0.6) is 0 Å². The van der Waals surface area contributed by atoms with Gasteiger partial charge in [-0.2, -0.15) is 0 Å². The third-order valence-electron chi connectivity index (χ3n) is 2.80. The van der Waals surface area contributed by atoms with Crippen LogP contribution in [0.1, 0.15) is 20.8 Å². The normalized spacial score (nSPS) is 15.7. The van der Waals surface area contributed by atoms with Crippen LogP contribution in [0.25, 0.3) is 0 Å². The first-order valence-electron chi connectivity index (χ1n) is 4.95. The minimum absolute atomic E-state index is 0.262. The minimum Gasteiger partial charge on any atom is -0.468 e. The molecular weight excluding hydrogens is 180 g/mol. The molecule has 4 nitrogen and oxygen atoms in total. The largest absolute Gasteiger partial charge is 0.468 e. The van der Waals surface area contributed by atoms with Crippen LogP contribution in [0.2, 0.25) is 0 Å². The number of carbonyl (C=O) groups excluding carboxylic acids is 1. The highest BCUT2D eigenvalue weighted by Gasteiger charge is 2.27. The summed E-state index contributed by atoms with van der Waals surface area (Å²) < 4.78 is 4.69. The molecule has 0 radical (unpaired) electrons. The Hall–Kier alpha value is -0.610. The van der Waals surface area contributed by atoms with Gasteiger partial charge in [-0.25, -0.2) is 0 Å². The fraction of sp³-hybridized carbons (Fsp3) is 0.900. The molecule has 0 rings (SSSR count). The van der Waals surface area contributed by atoms with Crippen molar-refractivity contribution in [3.8, 4) is 0 Å². The van der Waals surface area contributed by atoms with Crippen molar-refractivity contribution in [3.05, 3.63) is 0 Å². The summed E-state index contributed by atoms with van der Waals surface area (Å²) in [5.74, 6) is 0.223. The molecule has 4 heteroatoms. The molecular formula is C10H22N2O2. The number of hydrogen-bond acceptors (Lipinski definition) is 4. The van der Waals surface area contributed by atoms with Crippen LogP contribution in [-0.2, 0) is 9.53 Å². The number of esters is 1. The number of nitrogens with two attached hydrogens (primary N) is 1. The Kier molecular flexibility index (Phi) is 5.72. The number of carbonyl (C=O) groups is 1. The highest BCUT2D eigenvalue weighted by atomic mass is 16.5.